The number of carbonyl (C=O) groups excluding carboxylic acids is 1. The fourth-order valence-electron chi connectivity index (χ4n) is 3.88. The first-order chi connectivity index (χ1) is 12.8. The fraction of sp³-hybridized carbons (Fsp3) is 0.783. The lowest BCUT2D eigenvalue weighted by Gasteiger charge is -2.08. The highest BCUT2D eigenvalue weighted by atomic mass is 16.6. The van der Waals surface area contributed by atoms with E-state index in [0.29, 0.717) is 0 Å². The molecule has 0 N–H and O–H groups in total. The van der Waals surface area contributed by atoms with Crippen molar-refractivity contribution >= 4 is 6.09 Å². The van der Waals surface area contributed by atoms with E-state index in [0.717, 1.165) is 31.6 Å². The first kappa shape index (κ1) is 20.9. The zero-order valence-corrected chi connectivity index (χ0v) is 16.7. The summed E-state index contributed by atoms with van der Waals surface area (Å²) >= 11 is 0. The molecule has 3 heteroatoms. The monoisotopic (exact) mass is 359 g/mol. The Morgan fingerprint density at radius 1 is 1.00 bits per heavy atom. The van der Waals surface area contributed by atoms with Crippen LogP contribution in [0.4, 0.5) is 4.79 Å². The number of carbonyl (C=O) groups is 1. The number of ether oxygens (including phenoxy) is 1. The molecule has 2 rings (SSSR count). The third-order valence-corrected chi connectivity index (χ3v) is 5.49. The van der Waals surface area contributed by atoms with Gasteiger partial charge in [0.05, 0.1) is 6.04 Å². The van der Waals surface area contributed by atoms with E-state index >= 15 is 0 Å². The molecule has 2 aliphatic heterocycles. The second kappa shape index (κ2) is 12.8. The van der Waals surface area contributed by atoms with E-state index in [1.54, 1.807) is 0 Å². The second-order valence-corrected chi connectivity index (χ2v) is 7.73. The Hall–Kier alpha value is -1.43. The lowest BCUT2D eigenvalue weighted by molar-refractivity contribution is 0.170. The van der Waals surface area contributed by atoms with Gasteiger partial charge >= 0.3 is 6.09 Å². The van der Waals surface area contributed by atoms with E-state index in [-0.39, 0.29) is 12.1 Å². The largest absolute Gasteiger partial charge is 0.415 e. The Bertz CT molecular complexity index is 500. The highest BCUT2D eigenvalue weighted by Crippen LogP contribution is 2.31. The highest BCUT2D eigenvalue weighted by molar-refractivity contribution is 5.73. The van der Waals surface area contributed by atoms with Crippen molar-refractivity contribution in [1.82, 2.24) is 4.90 Å². The molecular formula is C23H37NO2. The number of unbranched alkanes of at least 4 members (excludes halogenated alkanes) is 12. The standard InChI is InChI=1S/C23H37NO2/c1-2-3-4-5-6-7-8-9-10-11-12-13-14-15-16-19-22-21-18-17-20-24(21)23(25)26-22/h19,21H,2-14,17-18,20H2,1H3/b22-19-/t21-/m0/s1. The molecule has 0 spiro atoms. The molecule has 0 aliphatic carbocycles. The van der Waals surface area contributed by atoms with Gasteiger partial charge in [-0.25, -0.2) is 4.79 Å². The van der Waals surface area contributed by atoms with E-state index in [1.165, 1.54) is 77.0 Å². The number of fused-ring (bicyclic) bond motifs is 1. The van der Waals surface area contributed by atoms with Crippen LogP contribution in [0.2, 0.25) is 0 Å². The Labute approximate surface area is 160 Å². The summed E-state index contributed by atoms with van der Waals surface area (Å²) in [4.78, 5) is 13.5. The molecule has 3 nitrogen and oxygen atoms in total. The van der Waals surface area contributed by atoms with Crippen LogP contribution in [0.1, 0.15) is 103 Å². The van der Waals surface area contributed by atoms with E-state index in [9.17, 15) is 4.79 Å². The summed E-state index contributed by atoms with van der Waals surface area (Å²) in [6.07, 6.45) is 21.1. The van der Waals surface area contributed by atoms with Crippen LogP contribution < -0.4 is 0 Å². The molecule has 2 aliphatic rings. The predicted molar refractivity (Wildman–Crippen MR) is 108 cm³/mol. The molecule has 0 aromatic carbocycles. The quantitative estimate of drug-likeness (QED) is 0.291. The maximum atomic E-state index is 11.6. The topological polar surface area (TPSA) is 29.5 Å². The van der Waals surface area contributed by atoms with Gasteiger partial charge in [0, 0.05) is 19.0 Å². The first-order valence-corrected chi connectivity index (χ1v) is 11.0. The number of nitrogens with zero attached hydrogens (tertiary/aromatic N) is 1. The van der Waals surface area contributed by atoms with E-state index in [4.69, 9.17) is 4.74 Å². The Morgan fingerprint density at radius 2 is 1.62 bits per heavy atom. The molecule has 1 atom stereocenters. The van der Waals surface area contributed by atoms with Gasteiger partial charge in [-0.2, -0.15) is 0 Å². The smallest absolute Gasteiger partial charge is 0.412 e. The molecule has 0 aromatic rings. The molecule has 2 fully saturated rings. The number of hydrogen-bond acceptors (Lipinski definition) is 2. The minimum atomic E-state index is -0.193. The molecule has 2 heterocycles. The summed E-state index contributed by atoms with van der Waals surface area (Å²) < 4.78 is 5.29. The van der Waals surface area contributed by atoms with Gasteiger partial charge in [0.15, 0.2) is 0 Å². The average molecular weight is 360 g/mol. The first-order valence-electron chi connectivity index (χ1n) is 11.0. The van der Waals surface area contributed by atoms with Crippen molar-refractivity contribution in [1.29, 1.82) is 0 Å². The molecule has 26 heavy (non-hydrogen) atoms. The maximum Gasteiger partial charge on any atom is 0.415 e. The molecule has 146 valence electrons. The summed E-state index contributed by atoms with van der Waals surface area (Å²) in [6, 6.07) is 0.156. The number of rotatable bonds is 12. The number of allylic oxidation sites excluding steroid dienone is 1. The molecule has 1 amide bonds. The van der Waals surface area contributed by atoms with Crippen molar-refractivity contribution < 1.29 is 9.53 Å². The SMILES string of the molecule is CCCCCCCCCCCCCCC#C/C=C1\OC(=O)N2CCC[C@@H]12. The van der Waals surface area contributed by atoms with Gasteiger partial charge in [-0.05, 0) is 19.3 Å². The van der Waals surface area contributed by atoms with Crippen molar-refractivity contribution in [3.63, 3.8) is 0 Å². The minimum absolute atomic E-state index is 0.156. The van der Waals surface area contributed by atoms with Crippen LogP contribution in [0.25, 0.3) is 0 Å². The summed E-state index contributed by atoms with van der Waals surface area (Å²) in [5.74, 6) is 7.05. The van der Waals surface area contributed by atoms with Crippen LogP contribution in [0.5, 0.6) is 0 Å². The van der Waals surface area contributed by atoms with Crippen LogP contribution in [0, 0.1) is 11.8 Å². The van der Waals surface area contributed by atoms with Crippen LogP contribution in [0.3, 0.4) is 0 Å². The second-order valence-electron chi connectivity index (χ2n) is 7.73. The lowest BCUT2D eigenvalue weighted by Crippen LogP contribution is -2.26. The molecule has 0 radical (unpaired) electrons. The van der Waals surface area contributed by atoms with Crippen molar-refractivity contribution in [2.45, 2.75) is 109 Å². The van der Waals surface area contributed by atoms with E-state index < -0.39 is 0 Å². The van der Waals surface area contributed by atoms with Crippen LogP contribution in [-0.2, 0) is 4.74 Å². The zero-order valence-electron chi connectivity index (χ0n) is 16.7. The molecule has 2 saturated heterocycles. The summed E-state index contributed by atoms with van der Waals surface area (Å²) in [6.45, 7) is 3.10. The molecule has 0 bridgehead atoms. The average Bonchev–Trinajstić information content (AvgIpc) is 3.23. The summed E-state index contributed by atoms with van der Waals surface area (Å²) in [5.41, 5.74) is 0. The van der Waals surface area contributed by atoms with E-state index in [1.807, 2.05) is 11.0 Å². The van der Waals surface area contributed by atoms with Gasteiger partial charge in [0.25, 0.3) is 0 Å². The van der Waals surface area contributed by atoms with Crippen molar-refractivity contribution in [3.8, 4) is 11.8 Å². The normalized spacial score (nSPS) is 20.2. The summed E-state index contributed by atoms with van der Waals surface area (Å²) in [7, 11) is 0. The molecule has 0 aromatic heterocycles. The minimum Gasteiger partial charge on any atom is -0.412 e. The van der Waals surface area contributed by atoms with E-state index in [2.05, 4.69) is 18.8 Å². The predicted octanol–water partition coefficient (Wildman–Crippen LogP) is 6.58. The summed E-state index contributed by atoms with van der Waals surface area (Å²) in [5, 5.41) is 0. The van der Waals surface area contributed by atoms with Gasteiger partial charge in [0.1, 0.15) is 5.76 Å². The van der Waals surface area contributed by atoms with Gasteiger partial charge in [-0.15, -0.1) is 0 Å². The van der Waals surface area contributed by atoms with Crippen LogP contribution in [-0.4, -0.2) is 23.6 Å². The molecule has 0 unspecified atom stereocenters. The van der Waals surface area contributed by atoms with Crippen molar-refractivity contribution in [3.05, 3.63) is 11.8 Å². The number of amides is 1. The zero-order chi connectivity index (χ0) is 18.5. The maximum absolute atomic E-state index is 11.6. The fourth-order valence-corrected chi connectivity index (χ4v) is 3.88. The van der Waals surface area contributed by atoms with Gasteiger partial charge < -0.3 is 4.74 Å². The number of hydrogen-bond donors (Lipinski definition) is 0. The van der Waals surface area contributed by atoms with Gasteiger partial charge in [-0.1, -0.05) is 89.4 Å². The molecular weight excluding hydrogens is 322 g/mol. The van der Waals surface area contributed by atoms with Gasteiger partial charge in [0.2, 0.25) is 0 Å². The Morgan fingerprint density at radius 3 is 2.27 bits per heavy atom. The van der Waals surface area contributed by atoms with Crippen LogP contribution >= 0.6 is 0 Å². The molecule has 0 saturated carbocycles. The van der Waals surface area contributed by atoms with Crippen molar-refractivity contribution in [2.24, 2.45) is 0 Å². The van der Waals surface area contributed by atoms with Crippen LogP contribution in [0.15, 0.2) is 11.8 Å². The Balaban J connectivity index is 1.41. The third-order valence-electron chi connectivity index (χ3n) is 5.49. The third kappa shape index (κ3) is 7.44. The highest BCUT2D eigenvalue weighted by Gasteiger charge is 2.40. The van der Waals surface area contributed by atoms with Gasteiger partial charge in [-0.3, -0.25) is 4.90 Å². The Kier molecular flexibility index (Phi) is 10.3. The lowest BCUT2D eigenvalue weighted by atomic mass is 10.0. The number of cyclic esters (lactones) is 1. The van der Waals surface area contributed by atoms with Crippen molar-refractivity contribution in [2.75, 3.05) is 6.54 Å².